The highest BCUT2D eigenvalue weighted by atomic mass is 35.5. The van der Waals surface area contributed by atoms with Crippen molar-refractivity contribution in [1.82, 2.24) is 15.0 Å². The smallest absolute Gasteiger partial charge is 0.368 e. The van der Waals surface area contributed by atoms with E-state index in [9.17, 15) is 13.2 Å². The zero-order valence-corrected chi connectivity index (χ0v) is 13.0. The second kappa shape index (κ2) is 6.84. The minimum atomic E-state index is -4.42. The number of nitrogen functional groups attached to an aromatic ring is 1. The Kier molecular flexibility index (Phi) is 5.04. The Labute approximate surface area is 142 Å². The van der Waals surface area contributed by atoms with E-state index in [0.29, 0.717) is 22.4 Å². The summed E-state index contributed by atoms with van der Waals surface area (Å²) < 4.78 is 38.7. The molecule has 0 saturated carbocycles. The third-order valence-electron chi connectivity index (χ3n) is 3.26. The van der Waals surface area contributed by atoms with Crippen molar-refractivity contribution in [3.63, 3.8) is 0 Å². The van der Waals surface area contributed by atoms with Gasteiger partial charge in [-0.2, -0.15) is 13.2 Å². The van der Waals surface area contributed by atoms with Crippen LogP contribution in [-0.4, -0.2) is 15.0 Å². The molecule has 2 N–H and O–H groups in total. The standard InChI is InChI=1S/C16H11F3N4.ClH/c17-16(18,19)12-3-1-2-11(8-12)13-9-22-15(20)23-14(13)10-4-6-21-7-5-10;/h1-9H,(H2,20,22,23);1H. The van der Waals surface area contributed by atoms with Gasteiger partial charge in [-0.25, -0.2) is 9.97 Å². The van der Waals surface area contributed by atoms with Crippen molar-refractivity contribution in [3.8, 4) is 22.4 Å². The highest BCUT2D eigenvalue weighted by Gasteiger charge is 2.30. The van der Waals surface area contributed by atoms with Crippen LogP contribution >= 0.6 is 12.4 Å². The first-order valence-corrected chi connectivity index (χ1v) is 6.66. The van der Waals surface area contributed by atoms with Gasteiger partial charge in [-0.1, -0.05) is 12.1 Å². The molecule has 24 heavy (non-hydrogen) atoms. The maximum Gasteiger partial charge on any atom is 0.416 e. The molecule has 0 saturated heterocycles. The van der Waals surface area contributed by atoms with E-state index in [1.54, 1.807) is 30.6 Å². The first-order valence-electron chi connectivity index (χ1n) is 6.66. The van der Waals surface area contributed by atoms with Crippen molar-refractivity contribution in [2.24, 2.45) is 0 Å². The van der Waals surface area contributed by atoms with Crippen LogP contribution in [-0.2, 0) is 6.18 Å². The molecule has 4 nitrogen and oxygen atoms in total. The number of pyridine rings is 1. The van der Waals surface area contributed by atoms with Crippen molar-refractivity contribution in [2.75, 3.05) is 5.73 Å². The van der Waals surface area contributed by atoms with Crippen LogP contribution in [0.5, 0.6) is 0 Å². The molecule has 0 aliphatic rings. The van der Waals surface area contributed by atoms with Crippen molar-refractivity contribution < 1.29 is 13.2 Å². The molecule has 3 aromatic rings. The summed E-state index contributed by atoms with van der Waals surface area (Å²) in [5.74, 6) is 0.0486. The SMILES string of the molecule is Cl.Nc1ncc(-c2cccc(C(F)(F)F)c2)c(-c2ccncc2)n1. The van der Waals surface area contributed by atoms with E-state index in [-0.39, 0.29) is 18.4 Å². The van der Waals surface area contributed by atoms with E-state index in [1.807, 2.05) is 0 Å². The average molecular weight is 353 g/mol. The van der Waals surface area contributed by atoms with Gasteiger partial charge in [-0.15, -0.1) is 12.4 Å². The Morgan fingerprint density at radius 1 is 0.958 bits per heavy atom. The second-order valence-corrected chi connectivity index (χ2v) is 4.80. The fourth-order valence-corrected chi connectivity index (χ4v) is 2.20. The first-order chi connectivity index (χ1) is 10.9. The molecular weight excluding hydrogens is 341 g/mol. The Hall–Kier alpha value is -2.67. The number of anilines is 1. The average Bonchev–Trinajstić information content (AvgIpc) is 2.55. The van der Waals surface area contributed by atoms with Gasteiger partial charge in [-0.05, 0) is 29.8 Å². The number of benzene rings is 1. The largest absolute Gasteiger partial charge is 0.416 e. The third-order valence-corrected chi connectivity index (χ3v) is 3.26. The molecule has 0 bridgehead atoms. The van der Waals surface area contributed by atoms with Crippen LogP contribution in [0.15, 0.2) is 55.0 Å². The highest BCUT2D eigenvalue weighted by Crippen LogP contribution is 2.35. The van der Waals surface area contributed by atoms with Gasteiger partial charge >= 0.3 is 6.18 Å². The van der Waals surface area contributed by atoms with Crippen LogP contribution in [0.4, 0.5) is 19.1 Å². The summed E-state index contributed by atoms with van der Waals surface area (Å²) in [5.41, 5.74) is 6.88. The Bertz CT molecular complexity index is 838. The lowest BCUT2D eigenvalue weighted by Crippen LogP contribution is -2.05. The lowest BCUT2D eigenvalue weighted by Gasteiger charge is -2.12. The van der Waals surface area contributed by atoms with E-state index < -0.39 is 11.7 Å². The summed E-state index contributed by atoms with van der Waals surface area (Å²) in [6, 6.07) is 8.44. The molecule has 8 heteroatoms. The number of alkyl halides is 3. The number of rotatable bonds is 2. The van der Waals surface area contributed by atoms with Gasteiger partial charge < -0.3 is 5.73 Å². The van der Waals surface area contributed by atoms with Crippen LogP contribution in [0.1, 0.15) is 5.56 Å². The molecule has 0 fully saturated rings. The molecule has 124 valence electrons. The summed E-state index contributed by atoms with van der Waals surface area (Å²) in [6.07, 6.45) is 0.155. The first kappa shape index (κ1) is 17.7. The lowest BCUT2D eigenvalue weighted by molar-refractivity contribution is -0.137. The van der Waals surface area contributed by atoms with E-state index in [2.05, 4.69) is 15.0 Å². The normalized spacial score (nSPS) is 11.0. The van der Waals surface area contributed by atoms with E-state index in [4.69, 9.17) is 5.73 Å². The van der Waals surface area contributed by atoms with Crippen molar-refractivity contribution in [1.29, 1.82) is 0 Å². The predicted octanol–water partition coefficient (Wildman–Crippen LogP) is 4.23. The summed E-state index contributed by atoms with van der Waals surface area (Å²) in [6.45, 7) is 0. The fourth-order valence-electron chi connectivity index (χ4n) is 2.20. The van der Waals surface area contributed by atoms with Gasteiger partial charge in [-0.3, -0.25) is 4.98 Å². The van der Waals surface area contributed by atoms with Crippen LogP contribution in [0.2, 0.25) is 0 Å². The molecule has 0 spiro atoms. The monoisotopic (exact) mass is 352 g/mol. The number of hydrogen-bond donors (Lipinski definition) is 1. The molecular formula is C16H12ClF3N4. The number of hydrogen-bond acceptors (Lipinski definition) is 4. The number of nitrogens with two attached hydrogens (primary N) is 1. The topological polar surface area (TPSA) is 64.7 Å². The summed E-state index contributed by atoms with van der Waals surface area (Å²) in [4.78, 5) is 12.0. The maximum absolute atomic E-state index is 12.9. The molecule has 0 aliphatic heterocycles. The molecule has 0 amide bonds. The van der Waals surface area contributed by atoms with Gasteiger partial charge in [0.05, 0.1) is 11.3 Å². The molecule has 0 radical (unpaired) electrons. The molecule has 0 aliphatic carbocycles. The zero-order chi connectivity index (χ0) is 16.4. The van der Waals surface area contributed by atoms with Gasteiger partial charge in [0.15, 0.2) is 0 Å². The molecule has 2 heterocycles. The second-order valence-electron chi connectivity index (χ2n) is 4.80. The van der Waals surface area contributed by atoms with Gasteiger partial charge in [0, 0.05) is 29.7 Å². The summed E-state index contributed by atoms with van der Waals surface area (Å²) >= 11 is 0. The van der Waals surface area contributed by atoms with Crippen molar-refractivity contribution in [2.45, 2.75) is 6.18 Å². The predicted molar refractivity (Wildman–Crippen MR) is 87.4 cm³/mol. The fraction of sp³-hybridized carbons (Fsp3) is 0.0625. The van der Waals surface area contributed by atoms with Crippen LogP contribution < -0.4 is 5.73 Å². The third kappa shape index (κ3) is 3.62. The Morgan fingerprint density at radius 3 is 2.33 bits per heavy atom. The number of nitrogens with zero attached hydrogens (tertiary/aromatic N) is 3. The van der Waals surface area contributed by atoms with E-state index >= 15 is 0 Å². The molecule has 0 unspecified atom stereocenters. The van der Waals surface area contributed by atoms with Crippen molar-refractivity contribution in [3.05, 3.63) is 60.6 Å². The minimum absolute atomic E-state index is 0. The number of aromatic nitrogens is 3. The maximum atomic E-state index is 12.9. The molecule has 2 aromatic heterocycles. The lowest BCUT2D eigenvalue weighted by atomic mass is 9.99. The van der Waals surface area contributed by atoms with E-state index in [1.165, 1.54) is 12.3 Å². The quantitative estimate of drug-likeness (QED) is 0.749. The van der Waals surface area contributed by atoms with Gasteiger partial charge in [0.2, 0.25) is 5.95 Å². The van der Waals surface area contributed by atoms with Gasteiger partial charge in [0.25, 0.3) is 0 Å². The molecule has 0 atom stereocenters. The molecule has 1 aromatic carbocycles. The number of halogens is 4. The Balaban J connectivity index is 0.00000208. The van der Waals surface area contributed by atoms with Crippen LogP contribution in [0.3, 0.4) is 0 Å². The zero-order valence-electron chi connectivity index (χ0n) is 12.2. The molecule has 3 rings (SSSR count). The van der Waals surface area contributed by atoms with E-state index in [0.717, 1.165) is 12.1 Å². The summed E-state index contributed by atoms with van der Waals surface area (Å²) in [7, 11) is 0. The minimum Gasteiger partial charge on any atom is -0.368 e. The summed E-state index contributed by atoms with van der Waals surface area (Å²) in [5, 5.41) is 0. The van der Waals surface area contributed by atoms with Gasteiger partial charge in [0.1, 0.15) is 0 Å². The van der Waals surface area contributed by atoms with Crippen LogP contribution in [0, 0.1) is 0 Å². The van der Waals surface area contributed by atoms with Crippen molar-refractivity contribution >= 4 is 18.4 Å². The Morgan fingerprint density at radius 2 is 1.67 bits per heavy atom. The highest BCUT2D eigenvalue weighted by molar-refractivity contribution is 5.85. The van der Waals surface area contributed by atoms with Crippen LogP contribution in [0.25, 0.3) is 22.4 Å².